The Kier molecular flexibility index (Phi) is 3.49. The maximum absolute atomic E-state index is 13.5. The van der Waals surface area contributed by atoms with Gasteiger partial charge in [-0.3, -0.25) is 0 Å². The number of halogens is 1. The van der Waals surface area contributed by atoms with Crippen LogP contribution in [0.15, 0.2) is 36.4 Å². The zero-order valence-corrected chi connectivity index (χ0v) is 9.84. The highest BCUT2D eigenvalue weighted by atomic mass is 19.1. The van der Waals surface area contributed by atoms with Crippen molar-refractivity contribution in [3.63, 3.8) is 0 Å². The van der Waals surface area contributed by atoms with E-state index in [1.807, 2.05) is 6.07 Å². The summed E-state index contributed by atoms with van der Waals surface area (Å²) in [6, 6.07) is 11.8. The lowest BCUT2D eigenvalue weighted by atomic mass is 10.1. The van der Waals surface area contributed by atoms with Crippen LogP contribution >= 0.6 is 0 Å². The zero-order valence-electron chi connectivity index (χ0n) is 9.84. The molecule has 0 saturated carbocycles. The van der Waals surface area contributed by atoms with Gasteiger partial charge < -0.3 is 4.90 Å². The molecule has 0 N–H and O–H groups in total. The quantitative estimate of drug-likeness (QED) is 0.774. The molecule has 2 aromatic rings. The molecule has 1 aromatic carbocycles. The second-order valence-electron chi connectivity index (χ2n) is 3.77. The Morgan fingerprint density at radius 1 is 1.22 bits per heavy atom. The molecule has 1 heterocycles. The molecule has 0 amide bonds. The first-order chi connectivity index (χ1) is 8.72. The molecule has 0 spiro atoms. The molecule has 1 aromatic heterocycles. The van der Waals surface area contributed by atoms with Crippen molar-refractivity contribution in [1.29, 1.82) is 5.26 Å². The minimum absolute atomic E-state index is 0.230. The Balaban J connectivity index is 2.29. The van der Waals surface area contributed by atoms with Crippen LogP contribution in [0.4, 0.5) is 10.2 Å². The molecule has 0 radical (unpaired) electrons. The molecule has 18 heavy (non-hydrogen) atoms. The highest BCUT2D eigenvalue weighted by Crippen LogP contribution is 2.20. The standard InChI is InChI=1S/C13H11FN4/c1-18(9-8-15)13-7-6-12(16-17-13)10-4-2-3-5-11(10)14/h2-7H,9H2,1H3. The Morgan fingerprint density at radius 3 is 2.61 bits per heavy atom. The number of hydrogen-bond donors (Lipinski definition) is 0. The number of aromatic nitrogens is 2. The lowest BCUT2D eigenvalue weighted by molar-refractivity contribution is 0.630. The summed E-state index contributed by atoms with van der Waals surface area (Å²) in [6.07, 6.45) is 0. The van der Waals surface area contributed by atoms with Crippen molar-refractivity contribution in [2.24, 2.45) is 0 Å². The number of benzene rings is 1. The average molecular weight is 242 g/mol. The van der Waals surface area contributed by atoms with E-state index in [1.54, 1.807) is 42.3 Å². The minimum Gasteiger partial charge on any atom is -0.345 e. The van der Waals surface area contributed by atoms with Gasteiger partial charge in [-0.25, -0.2) is 4.39 Å². The molecule has 0 aliphatic rings. The van der Waals surface area contributed by atoms with E-state index in [-0.39, 0.29) is 12.4 Å². The van der Waals surface area contributed by atoms with Gasteiger partial charge in [0.15, 0.2) is 5.82 Å². The third-order valence-electron chi connectivity index (χ3n) is 2.50. The molecule has 0 saturated heterocycles. The molecule has 0 aliphatic carbocycles. The molecule has 5 heteroatoms. The highest BCUT2D eigenvalue weighted by Gasteiger charge is 2.07. The second kappa shape index (κ2) is 5.23. The second-order valence-corrected chi connectivity index (χ2v) is 3.77. The van der Waals surface area contributed by atoms with Crippen molar-refractivity contribution >= 4 is 5.82 Å². The van der Waals surface area contributed by atoms with E-state index >= 15 is 0 Å². The molecule has 2 rings (SSSR count). The first-order valence-corrected chi connectivity index (χ1v) is 5.39. The predicted octanol–water partition coefficient (Wildman–Crippen LogP) is 2.24. The molecule has 0 fully saturated rings. The van der Waals surface area contributed by atoms with Gasteiger partial charge in [-0.05, 0) is 24.3 Å². The van der Waals surface area contributed by atoms with E-state index in [4.69, 9.17) is 5.26 Å². The summed E-state index contributed by atoms with van der Waals surface area (Å²) in [5.41, 5.74) is 0.890. The third-order valence-corrected chi connectivity index (χ3v) is 2.50. The van der Waals surface area contributed by atoms with E-state index in [0.717, 1.165) is 0 Å². The minimum atomic E-state index is -0.329. The first kappa shape index (κ1) is 12.0. The zero-order chi connectivity index (χ0) is 13.0. The molecule has 0 aliphatic heterocycles. The van der Waals surface area contributed by atoms with Gasteiger partial charge in [0.05, 0.1) is 11.8 Å². The first-order valence-electron chi connectivity index (χ1n) is 5.39. The lowest BCUT2D eigenvalue weighted by Gasteiger charge is -2.13. The number of hydrogen-bond acceptors (Lipinski definition) is 4. The Morgan fingerprint density at radius 2 is 2.00 bits per heavy atom. The summed E-state index contributed by atoms with van der Waals surface area (Å²) in [5.74, 6) is 0.251. The van der Waals surface area contributed by atoms with E-state index < -0.39 is 0 Å². The topological polar surface area (TPSA) is 52.8 Å². The Labute approximate surface area is 104 Å². The van der Waals surface area contributed by atoms with Crippen molar-refractivity contribution < 1.29 is 4.39 Å². The maximum Gasteiger partial charge on any atom is 0.151 e. The van der Waals surface area contributed by atoms with Gasteiger partial charge in [0.1, 0.15) is 12.4 Å². The highest BCUT2D eigenvalue weighted by molar-refractivity contribution is 5.60. The molecule has 0 unspecified atom stereocenters. The van der Waals surface area contributed by atoms with E-state index in [2.05, 4.69) is 10.2 Å². The SMILES string of the molecule is CN(CC#N)c1ccc(-c2ccccc2F)nn1. The van der Waals surface area contributed by atoms with Gasteiger partial charge >= 0.3 is 0 Å². The van der Waals surface area contributed by atoms with Crippen molar-refractivity contribution in [1.82, 2.24) is 10.2 Å². The van der Waals surface area contributed by atoms with Crippen molar-refractivity contribution in [2.75, 3.05) is 18.5 Å². The van der Waals surface area contributed by atoms with Gasteiger partial charge in [0, 0.05) is 12.6 Å². The van der Waals surface area contributed by atoms with Crippen LogP contribution in [0, 0.1) is 17.1 Å². The van der Waals surface area contributed by atoms with E-state index in [0.29, 0.717) is 17.1 Å². The molecule has 0 bridgehead atoms. The van der Waals surface area contributed by atoms with Gasteiger partial charge in [-0.1, -0.05) is 12.1 Å². The van der Waals surface area contributed by atoms with Gasteiger partial charge in [0.2, 0.25) is 0 Å². The largest absolute Gasteiger partial charge is 0.345 e. The van der Waals surface area contributed by atoms with Gasteiger partial charge in [-0.2, -0.15) is 5.26 Å². The monoisotopic (exact) mass is 242 g/mol. The lowest BCUT2D eigenvalue weighted by Crippen LogP contribution is -2.18. The molecule has 4 nitrogen and oxygen atoms in total. The smallest absolute Gasteiger partial charge is 0.151 e. The van der Waals surface area contributed by atoms with Gasteiger partial charge in [0.25, 0.3) is 0 Å². The number of nitriles is 1. The van der Waals surface area contributed by atoms with Crippen LogP contribution in [0.1, 0.15) is 0 Å². The molecular weight excluding hydrogens is 231 g/mol. The predicted molar refractivity (Wildman–Crippen MR) is 66.3 cm³/mol. The van der Waals surface area contributed by atoms with Crippen molar-refractivity contribution in [2.45, 2.75) is 0 Å². The van der Waals surface area contributed by atoms with Gasteiger partial charge in [-0.15, -0.1) is 10.2 Å². The van der Waals surface area contributed by atoms with Crippen LogP contribution in [-0.2, 0) is 0 Å². The van der Waals surface area contributed by atoms with Crippen LogP contribution in [0.25, 0.3) is 11.3 Å². The Hall–Kier alpha value is -2.48. The molecule has 90 valence electrons. The van der Waals surface area contributed by atoms with Crippen LogP contribution in [0.2, 0.25) is 0 Å². The van der Waals surface area contributed by atoms with Crippen molar-refractivity contribution in [3.05, 3.63) is 42.2 Å². The summed E-state index contributed by atoms with van der Waals surface area (Å²) in [6.45, 7) is 0.230. The molecular formula is C13H11FN4. The summed E-state index contributed by atoms with van der Waals surface area (Å²) >= 11 is 0. The summed E-state index contributed by atoms with van der Waals surface area (Å²) in [5, 5.41) is 16.5. The number of anilines is 1. The normalized spacial score (nSPS) is 9.83. The fraction of sp³-hybridized carbons (Fsp3) is 0.154. The fourth-order valence-corrected chi connectivity index (χ4v) is 1.53. The number of rotatable bonds is 3. The summed E-state index contributed by atoms with van der Waals surface area (Å²) in [4.78, 5) is 1.66. The maximum atomic E-state index is 13.5. The number of nitrogens with zero attached hydrogens (tertiary/aromatic N) is 4. The molecule has 0 atom stereocenters. The summed E-state index contributed by atoms with van der Waals surface area (Å²) < 4.78 is 13.5. The van der Waals surface area contributed by atoms with Crippen LogP contribution < -0.4 is 4.90 Å². The average Bonchev–Trinajstić information content (AvgIpc) is 2.40. The van der Waals surface area contributed by atoms with Crippen LogP contribution in [0.5, 0.6) is 0 Å². The summed E-state index contributed by atoms with van der Waals surface area (Å²) in [7, 11) is 1.75. The van der Waals surface area contributed by atoms with E-state index in [9.17, 15) is 4.39 Å². The van der Waals surface area contributed by atoms with Crippen LogP contribution in [-0.4, -0.2) is 23.8 Å². The van der Waals surface area contributed by atoms with Crippen LogP contribution in [0.3, 0.4) is 0 Å². The van der Waals surface area contributed by atoms with E-state index in [1.165, 1.54) is 6.07 Å². The third kappa shape index (κ3) is 2.43. The van der Waals surface area contributed by atoms with Crippen molar-refractivity contribution in [3.8, 4) is 17.3 Å². The fourth-order valence-electron chi connectivity index (χ4n) is 1.53. The Bertz CT molecular complexity index is 574.